The van der Waals surface area contributed by atoms with Gasteiger partial charge in [0.05, 0.1) is 5.02 Å². The summed E-state index contributed by atoms with van der Waals surface area (Å²) in [5.74, 6) is 5.75. The molecule has 0 aromatic heterocycles. The summed E-state index contributed by atoms with van der Waals surface area (Å²) in [4.78, 5) is 0. The van der Waals surface area contributed by atoms with Gasteiger partial charge in [0.1, 0.15) is 5.82 Å². The van der Waals surface area contributed by atoms with E-state index in [1.165, 1.54) is 6.07 Å². The minimum absolute atomic E-state index is 0.160. The third-order valence-electron chi connectivity index (χ3n) is 3.09. The van der Waals surface area contributed by atoms with E-state index in [9.17, 15) is 4.39 Å². The molecule has 2 atom stereocenters. The third-order valence-corrected chi connectivity index (χ3v) is 3.39. The highest BCUT2D eigenvalue weighted by molar-refractivity contribution is 6.30. The van der Waals surface area contributed by atoms with Gasteiger partial charge in [0.2, 0.25) is 0 Å². The van der Waals surface area contributed by atoms with E-state index < -0.39 is 0 Å². The van der Waals surface area contributed by atoms with Crippen molar-refractivity contribution in [3.05, 3.63) is 34.6 Å². The van der Waals surface area contributed by atoms with Crippen LogP contribution in [0, 0.1) is 11.7 Å². The summed E-state index contributed by atoms with van der Waals surface area (Å²) in [5, 5.41) is 0.160. The average molecular weight is 259 g/mol. The zero-order chi connectivity index (χ0) is 12.8. The quantitative estimate of drug-likeness (QED) is 0.607. The van der Waals surface area contributed by atoms with E-state index in [4.69, 9.17) is 17.4 Å². The highest BCUT2D eigenvalue weighted by Crippen LogP contribution is 2.18. The van der Waals surface area contributed by atoms with Crippen LogP contribution < -0.4 is 11.3 Å². The van der Waals surface area contributed by atoms with Crippen molar-refractivity contribution in [1.29, 1.82) is 0 Å². The van der Waals surface area contributed by atoms with Crippen LogP contribution in [0.15, 0.2) is 18.2 Å². The van der Waals surface area contributed by atoms with Gasteiger partial charge in [0.15, 0.2) is 0 Å². The second kappa shape index (κ2) is 6.94. The summed E-state index contributed by atoms with van der Waals surface area (Å²) in [6.07, 6.45) is 2.82. The molecular formula is C13H20ClFN2. The fourth-order valence-electron chi connectivity index (χ4n) is 1.81. The zero-order valence-electron chi connectivity index (χ0n) is 10.3. The fraction of sp³-hybridized carbons (Fsp3) is 0.538. The van der Waals surface area contributed by atoms with Crippen LogP contribution in [0.5, 0.6) is 0 Å². The Balaban J connectivity index is 2.63. The van der Waals surface area contributed by atoms with Crippen molar-refractivity contribution in [2.75, 3.05) is 0 Å². The van der Waals surface area contributed by atoms with Crippen molar-refractivity contribution in [1.82, 2.24) is 5.43 Å². The van der Waals surface area contributed by atoms with Gasteiger partial charge in [-0.3, -0.25) is 11.3 Å². The molecule has 0 saturated heterocycles. The number of hydrogen-bond donors (Lipinski definition) is 2. The Morgan fingerprint density at radius 2 is 2.18 bits per heavy atom. The van der Waals surface area contributed by atoms with Crippen LogP contribution in [-0.4, -0.2) is 6.04 Å². The smallest absolute Gasteiger partial charge is 0.142 e. The van der Waals surface area contributed by atoms with Crippen molar-refractivity contribution in [3.63, 3.8) is 0 Å². The Morgan fingerprint density at radius 3 is 2.71 bits per heavy atom. The third kappa shape index (κ3) is 4.62. The Hall–Kier alpha value is -0.640. The Morgan fingerprint density at radius 1 is 1.47 bits per heavy atom. The van der Waals surface area contributed by atoms with Gasteiger partial charge in [-0.2, -0.15) is 0 Å². The van der Waals surface area contributed by atoms with Crippen LogP contribution in [0.25, 0.3) is 0 Å². The molecule has 17 heavy (non-hydrogen) atoms. The highest BCUT2D eigenvalue weighted by Gasteiger charge is 2.12. The van der Waals surface area contributed by atoms with Crippen LogP contribution in [0.4, 0.5) is 4.39 Å². The zero-order valence-corrected chi connectivity index (χ0v) is 11.1. The second-order valence-corrected chi connectivity index (χ2v) is 4.97. The van der Waals surface area contributed by atoms with E-state index in [2.05, 4.69) is 19.3 Å². The van der Waals surface area contributed by atoms with E-state index in [1.54, 1.807) is 6.07 Å². The molecule has 0 fully saturated rings. The first-order chi connectivity index (χ1) is 8.06. The summed E-state index contributed by atoms with van der Waals surface area (Å²) in [6.45, 7) is 4.34. The maximum atomic E-state index is 13.3. The predicted molar refractivity (Wildman–Crippen MR) is 70.3 cm³/mol. The van der Waals surface area contributed by atoms with Crippen LogP contribution in [0.3, 0.4) is 0 Å². The number of nitrogens with one attached hydrogen (secondary N) is 1. The molecule has 0 radical (unpaired) electrons. The SMILES string of the molecule is CCC(C)CC(Cc1ccc(Cl)c(F)c1)NN. The van der Waals surface area contributed by atoms with E-state index >= 15 is 0 Å². The number of hydrazine groups is 1. The van der Waals surface area contributed by atoms with Gasteiger partial charge in [-0.25, -0.2) is 4.39 Å². The summed E-state index contributed by atoms with van der Waals surface area (Å²) >= 11 is 5.64. The summed E-state index contributed by atoms with van der Waals surface area (Å²) in [6, 6.07) is 5.07. The first-order valence-electron chi connectivity index (χ1n) is 5.96. The minimum atomic E-state index is -0.372. The van der Waals surface area contributed by atoms with Gasteiger partial charge in [0.25, 0.3) is 0 Å². The van der Waals surface area contributed by atoms with Gasteiger partial charge >= 0.3 is 0 Å². The van der Waals surface area contributed by atoms with Gasteiger partial charge in [-0.05, 0) is 36.5 Å². The fourth-order valence-corrected chi connectivity index (χ4v) is 1.93. The molecule has 3 N–H and O–H groups in total. The predicted octanol–water partition coefficient (Wildman–Crippen LogP) is 3.29. The second-order valence-electron chi connectivity index (χ2n) is 4.57. The number of nitrogens with two attached hydrogens (primary N) is 1. The summed E-state index contributed by atoms with van der Waals surface area (Å²) < 4.78 is 13.3. The standard InChI is InChI=1S/C13H20ClFN2/c1-3-9(2)6-11(17-16)7-10-4-5-12(14)13(15)8-10/h4-5,8-9,11,17H,3,6-7,16H2,1-2H3. The van der Waals surface area contributed by atoms with E-state index in [-0.39, 0.29) is 16.9 Å². The van der Waals surface area contributed by atoms with Crippen molar-refractivity contribution >= 4 is 11.6 Å². The molecule has 2 nitrogen and oxygen atoms in total. The minimum Gasteiger partial charge on any atom is -0.271 e. The van der Waals surface area contributed by atoms with Crippen molar-refractivity contribution in [2.24, 2.45) is 11.8 Å². The van der Waals surface area contributed by atoms with Crippen LogP contribution in [-0.2, 0) is 6.42 Å². The normalized spacial score (nSPS) is 14.6. The number of rotatable bonds is 6. The molecule has 0 aliphatic carbocycles. The van der Waals surface area contributed by atoms with E-state index in [0.29, 0.717) is 5.92 Å². The monoisotopic (exact) mass is 258 g/mol. The molecule has 1 rings (SSSR count). The van der Waals surface area contributed by atoms with Crippen molar-refractivity contribution in [3.8, 4) is 0 Å². The van der Waals surface area contributed by atoms with Gasteiger partial charge < -0.3 is 0 Å². The van der Waals surface area contributed by atoms with Gasteiger partial charge in [-0.1, -0.05) is 37.9 Å². The summed E-state index contributed by atoms with van der Waals surface area (Å²) in [5.41, 5.74) is 3.71. The maximum absolute atomic E-state index is 13.3. The molecule has 0 bridgehead atoms. The molecule has 96 valence electrons. The molecule has 0 saturated carbocycles. The lowest BCUT2D eigenvalue weighted by atomic mass is 9.95. The van der Waals surface area contributed by atoms with Gasteiger partial charge in [0, 0.05) is 6.04 Å². The Kier molecular flexibility index (Phi) is 5.89. The molecule has 0 aliphatic rings. The lowest BCUT2D eigenvalue weighted by molar-refractivity contribution is 0.396. The molecule has 0 aliphatic heterocycles. The molecule has 1 aromatic rings. The lowest BCUT2D eigenvalue weighted by Gasteiger charge is -2.19. The van der Waals surface area contributed by atoms with E-state index in [0.717, 1.165) is 24.8 Å². The van der Waals surface area contributed by atoms with Crippen molar-refractivity contribution in [2.45, 2.75) is 39.2 Å². The molecule has 0 spiro atoms. The first-order valence-corrected chi connectivity index (χ1v) is 6.34. The molecule has 4 heteroatoms. The van der Waals surface area contributed by atoms with E-state index in [1.807, 2.05) is 6.07 Å². The lowest BCUT2D eigenvalue weighted by Crippen LogP contribution is -2.38. The molecule has 0 heterocycles. The van der Waals surface area contributed by atoms with Crippen LogP contribution in [0.2, 0.25) is 5.02 Å². The number of benzene rings is 1. The molecule has 1 aromatic carbocycles. The number of halogens is 2. The highest BCUT2D eigenvalue weighted by atomic mass is 35.5. The van der Waals surface area contributed by atoms with Gasteiger partial charge in [-0.15, -0.1) is 0 Å². The van der Waals surface area contributed by atoms with Crippen LogP contribution in [0.1, 0.15) is 32.3 Å². The average Bonchev–Trinajstić information content (AvgIpc) is 2.32. The maximum Gasteiger partial charge on any atom is 0.142 e. The van der Waals surface area contributed by atoms with Crippen molar-refractivity contribution < 1.29 is 4.39 Å². The molecule has 0 amide bonds. The Labute approximate surface area is 107 Å². The topological polar surface area (TPSA) is 38.0 Å². The molecular weight excluding hydrogens is 239 g/mol. The first kappa shape index (κ1) is 14.4. The number of hydrogen-bond acceptors (Lipinski definition) is 2. The summed E-state index contributed by atoms with van der Waals surface area (Å²) in [7, 11) is 0. The van der Waals surface area contributed by atoms with Crippen LogP contribution >= 0.6 is 11.6 Å². The molecule has 2 unspecified atom stereocenters. The Bertz CT molecular complexity index is 357. The largest absolute Gasteiger partial charge is 0.271 e.